The molecular formula is C18H33N3O3. The predicted octanol–water partition coefficient (Wildman–Crippen LogP) is 2.40. The Balaban J connectivity index is 1.69. The van der Waals surface area contributed by atoms with Gasteiger partial charge in [0, 0.05) is 24.9 Å². The Hall–Kier alpha value is -1.14. The van der Waals surface area contributed by atoms with Crippen molar-refractivity contribution in [3.63, 3.8) is 0 Å². The molecule has 6 nitrogen and oxygen atoms in total. The number of carbonyl (C=O) groups is 2. The minimum Gasteiger partial charge on any atom is -0.289 e. The summed E-state index contributed by atoms with van der Waals surface area (Å²) < 4.78 is 0. The van der Waals surface area contributed by atoms with Gasteiger partial charge in [-0.05, 0) is 65.2 Å². The zero-order chi connectivity index (χ0) is 17.7. The third-order valence-corrected chi connectivity index (χ3v) is 4.98. The van der Waals surface area contributed by atoms with Crippen LogP contribution >= 0.6 is 0 Å². The van der Waals surface area contributed by atoms with E-state index in [0.717, 1.165) is 44.4 Å². The Morgan fingerprint density at radius 2 is 1.46 bits per heavy atom. The maximum absolute atomic E-state index is 12.3. The summed E-state index contributed by atoms with van der Waals surface area (Å²) in [5.41, 5.74) is 5.22. The number of hydrazine groups is 1. The van der Waals surface area contributed by atoms with Gasteiger partial charge in [0.1, 0.15) is 0 Å². The first-order valence-corrected chi connectivity index (χ1v) is 9.28. The second-order valence-electron chi connectivity index (χ2n) is 8.37. The monoisotopic (exact) mass is 339 g/mol. The van der Waals surface area contributed by atoms with E-state index in [9.17, 15) is 9.59 Å². The smallest absolute Gasteiger partial charge is 0.246 e. The van der Waals surface area contributed by atoms with Crippen LogP contribution in [0.3, 0.4) is 0 Å². The highest BCUT2D eigenvalue weighted by Crippen LogP contribution is 2.28. The molecule has 1 aliphatic heterocycles. The first-order valence-electron chi connectivity index (χ1n) is 9.28. The molecule has 2 amide bonds. The van der Waals surface area contributed by atoms with Gasteiger partial charge in [0.25, 0.3) is 0 Å². The van der Waals surface area contributed by atoms with Gasteiger partial charge < -0.3 is 0 Å². The Morgan fingerprint density at radius 1 is 0.917 bits per heavy atom. The van der Waals surface area contributed by atoms with E-state index in [1.54, 1.807) is 0 Å². The molecule has 1 aliphatic carbocycles. The zero-order valence-corrected chi connectivity index (χ0v) is 15.6. The van der Waals surface area contributed by atoms with Crippen LogP contribution in [-0.2, 0) is 14.4 Å². The Bertz CT molecular complexity index is 431. The van der Waals surface area contributed by atoms with Crippen molar-refractivity contribution in [3.8, 4) is 0 Å². The van der Waals surface area contributed by atoms with Crippen LogP contribution in [0.5, 0.6) is 0 Å². The van der Waals surface area contributed by atoms with Crippen LogP contribution in [0.1, 0.15) is 66.2 Å². The molecule has 1 saturated carbocycles. The molecule has 0 spiro atoms. The van der Waals surface area contributed by atoms with Crippen molar-refractivity contribution in [2.45, 2.75) is 71.8 Å². The van der Waals surface area contributed by atoms with Gasteiger partial charge in [-0.1, -0.05) is 6.92 Å². The molecule has 2 aliphatic rings. The number of amides is 2. The average molecular weight is 339 g/mol. The van der Waals surface area contributed by atoms with E-state index in [2.05, 4.69) is 17.8 Å². The Labute approximate surface area is 145 Å². The lowest BCUT2D eigenvalue weighted by Crippen LogP contribution is -2.50. The van der Waals surface area contributed by atoms with Crippen molar-refractivity contribution >= 4 is 11.8 Å². The number of hydrogen-bond donors (Lipinski definition) is 2. The standard InChI is InChI=1S/C18H33N3O3/c1-13-5-7-14(8-6-13)16(22)19-21-11-9-15(10-12-21)17(23)20-24-18(2,3)4/h13-15H,5-12H2,1-4H3,(H,19,22)(H,20,23). The summed E-state index contributed by atoms with van der Waals surface area (Å²) in [6.45, 7) is 9.38. The summed E-state index contributed by atoms with van der Waals surface area (Å²) in [5.74, 6) is 0.954. The quantitative estimate of drug-likeness (QED) is 0.772. The first-order chi connectivity index (χ1) is 11.2. The van der Waals surface area contributed by atoms with Gasteiger partial charge in [0.15, 0.2) is 0 Å². The first kappa shape index (κ1) is 19.2. The van der Waals surface area contributed by atoms with Crippen LogP contribution in [0.15, 0.2) is 0 Å². The lowest BCUT2D eigenvalue weighted by molar-refractivity contribution is -0.151. The summed E-state index contributed by atoms with van der Waals surface area (Å²) in [7, 11) is 0. The molecule has 1 heterocycles. The summed E-state index contributed by atoms with van der Waals surface area (Å²) in [4.78, 5) is 29.8. The highest BCUT2D eigenvalue weighted by Gasteiger charge is 2.29. The number of hydrogen-bond acceptors (Lipinski definition) is 4. The molecule has 0 aromatic rings. The molecule has 2 fully saturated rings. The summed E-state index contributed by atoms with van der Waals surface area (Å²) >= 11 is 0. The fourth-order valence-electron chi connectivity index (χ4n) is 3.31. The van der Waals surface area contributed by atoms with E-state index in [0.29, 0.717) is 13.1 Å². The van der Waals surface area contributed by atoms with Crippen LogP contribution in [0.2, 0.25) is 0 Å². The second-order valence-corrected chi connectivity index (χ2v) is 8.37. The maximum Gasteiger partial charge on any atom is 0.246 e. The minimum atomic E-state index is -0.387. The van der Waals surface area contributed by atoms with Gasteiger partial charge in [0.2, 0.25) is 11.8 Å². The van der Waals surface area contributed by atoms with E-state index in [-0.39, 0.29) is 29.3 Å². The number of piperidine rings is 1. The average Bonchev–Trinajstić information content (AvgIpc) is 2.53. The number of nitrogens with one attached hydrogen (secondary N) is 2. The van der Waals surface area contributed by atoms with Gasteiger partial charge >= 0.3 is 0 Å². The maximum atomic E-state index is 12.3. The number of nitrogens with zero attached hydrogens (tertiary/aromatic N) is 1. The van der Waals surface area contributed by atoms with Crippen molar-refractivity contribution in [1.82, 2.24) is 15.9 Å². The van der Waals surface area contributed by atoms with Crippen LogP contribution < -0.4 is 10.9 Å². The molecule has 0 atom stereocenters. The highest BCUT2D eigenvalue weighted by atomic mass is 16.7. The number of hydroxylamine groups is 1. The van der Waals surface area contributed by atoms with Gasteiger partial charge in [-0.3, -0.25) is 19.9 Å². The van der Waals surface area contributed by atoms with Gasteiger partial charge in [-0.2, -0.15) is 0 Å². The van der Waals surface area contributed by atoms with E-state index in [1.165, 1.54) is 0 Å². The van der Waals surface area contributed by atoms with Crippen molar-refractivity contribution in [2.24, 2.45) is 17.8 Å². The summed E-state index contributed by atoms with van der Waals surface area (Å²) in [6.07, 6.45) is 5.76. The van der Waals surface area contributed by atoms with Crippen molar-refractivity contribution in [2.75, 3.05) is 13.1 Å². The van der Waals surface area contributed by atoms with E-state index in [1.807, 2.05) is 25.8 Å². The molecule has 0 aromatic heterocycles. The molecule has 2 rings (SSSR count). The molecule has 0 aromatic carbocycles. The van der Waals surface area contributed by atoms with Crippen LogP contribution in [-0.4, -0.2) is 35.5 Å². The summed E-state index contributed by atoms with van der Waals surface area (Å²) in [5, 5.41) is 1.97. The molecule has 6 heteroatoms. The van der Waals surface area contributed by atoms with Gasteiger partial charge in [-0.15, -0.1) is 0 Å². The molecule has 1 saturated heterocycles. The number of rotatable bonds is 4. The lowest BCUT2D eigenvalue weighted by Gasteiger charge is -2.33. The fraction of sp³-hybridized carbons (Fsp3) is 0.889. The topological polar surface area (TPSA) is 70.7 Å². The van der Waals surface area contributed by atoms with E-state index >= 15 is 0 Å². The Kier molecular flexibility index (Phi) is 6.63. The zero-order valence-electron chi connectivity index (χ0n) is 15.6. The molecule has 2 N–H and O–H groups in total. The largest absolute Gasteiger partial charge is 0.289 e. The van der Waals surface area contributed by atoms with Crippen LogP contribution in [0.25, 0.3) is 0 Å². The SMILES string of the molecule is CC1CCC(C(=O)NN2CCC(C(=O)NOC(C)(C)C)CC2)CC1. The number of carbonyl (C=O) groups excluding carboxylic acids is 2. The predicted molar refractivity (Wildman–Crippen MR) is 92.5 cm³/mol. The molecule has 0 radical (unpaired) electrons. The van der Waals surface area contributed by atoms with Crippen molar-refractivity contribution < 1.29 is 14.4 Å². The van der Waals surface area contributed by atoms with Crippen molar-refractivity contribution in [1.29, 1.82) is 0 Å². The third-order valence-electron chi connectivity index (χ3n) is 4.98. The van der Waals surface area contributed by atoms with Crippen molar-refractivity contribution in [3.05, 3.63) is 0 Å². The lowest BCUT2D eigenvalue weighted by atomic mass is 9.83. The summed E-state index contributed by atoms with van der Waals surface area (Å²) in [6, 6.07) is 0. The fourth-order valence-corrected chi connectivity index (χ4v) is 3.31. The van der Waals surface area contributed by atoms with Crippen LogP contribution in [0, 0.1) is 17.8 Å². The van der Waals surface area contributed by atoms with Gasteiger partial charge in [0.05, 0.1) is 5.60 Å². The normalized spacial score (nSPS) is 26.8. The second kappa shape index (κ2) is 8.30. The van der Waals surface area contributed by atoms with E-state index in [4.69, 9.17) is 4.84 Å². The highest BCUT2D eigenvalue weighted by molar-refractivity contribution is 5.79. The third kappa shape index (κ3) is 6.06. The molecule has 24 heavy (non-hydrogen) atoms. The molecular weight excluding hydrogens is 306 g/mol. The molecule has 138 valence electrons. The minimum absolute atomic E-state index is 0.0453. The Morgan fingerprint density at radius 3 is 2.00 bits per heavy atom. The van der Waals surface area contributed by atoms with Crippen LogP contribution in [0.4, 0.5) is 0 Å². The molecule has 0 unspecified atom stereocenters. The molecule has 0 bridgehead atoms. The van der Waals surface area contributed by atoms with E-state index < -0.39 is 0 Å². The van der Waals surface area contributed by atoms with Gasteiger partial charge in [-0.25, -0.2) is 10.5 Å².